The summed E-state index contributed by atoms with van der Waals surface area (Å²) in [6.45, 7) is 1.78. The molecule has 1 saturated carbocycles. The molecule has 3 rings (SSSR count). The molecule has 1 heterocycles. The number of rotatable bonds is 12. The number of benzene rings is 1. The van der Waals surface area contributed by atoms with Crippen molar-refractivity contribution in [2.75, 3.05) is 40.4 Å². The van der Waals surface area contributed by atoms with Crippen LogP contribution in [0.15, 0.2) is 18.2 Å². The van der Waals surface area contributed by atoms with Crippen LogP contribution in [-0.2, 0) is 10.3 Å². The van der Waals surface area contributed by atoms with Gasteiger partial charge in [-0.25, -0.2) is 18.0 Å². The number of amides is 2. The lowest BCUT2D eigenvalue weighted by Gasteiger charge is -2.43. The van der Waals surface area contributed by atoms with E-state index in [1.54, 1.807) is 31.2 Å². The zero-order valence-corrected chi connectivity index (χ0v) is 22.6. The molecule has 1 saturated heterocycles. The topological polar surface area (TPSA) is 73.8 Å². The van der Waals surface area contributed by atoms with Crippen molar-refractivity contribution in [3.05, 3.63) is 34.6 Å². The maximum atomic E-state index is 15.1. The van der Waals surface area contributed by atoms with E-state index in [0.717, 1.165) is 0 Å². The van der Waals surface area contributed by atoms with Gasteiger partial charge in [-0.3, -0.25) is 0 Å². The van der Waals surface area contributed by atoms with Crippen LogP contribution >= 0.6 is 11.6 Å². The van der Waals surface area contributed by atoms with E-state index in [0.29, 0.717) is 58.2 Å². The third-order valence-electron chi connectivity index (χ3n) is 7.86. The molecule has 0 aromatic heterocycles. The highest BCUT2D eigenvalue weighted by atomic mass is 35.5. The largest absolute Gasteiger partial charge is 0.385 e. The molecule has 37 heavy (non-hydrogen) atoms. The van der Waals surface area contributed by atoms with Crippen molar-refractivity contribution in [3.8, 4) is 0 Å². The van der Waals surface area contributed by atoms with Crippen LogP contribution in [0.2, 0.25) is 5.02 Å². The summed E-state index contributed by atoms with van der Waals surface area (Å²) in [5, 5.41) is 18.0. The maximum absolute atomic E-state index is 15.1. The second kappa shape index (κ2) is 14.0. The van der Waals surface area contributed by atoms with E-state index in [2.05, 4.69) is 10.6 Å². The average molecular weight is 548 g/mol. The third kappa shape index (κ3) is 7.74. The van der Waals surface area contributed by atoms with Crippen LogP contribution in [0.3, 0.4) is 0 Å². The molecule has 210 valence electrons. The lowest BCUT2D eigenvalue weighted by Crippen LogP contribution is -2.54. The number of piperidine rings is 1. The Balaban J connectivity index is 1.72. The van der Waals surface area contributed by atoms with E-state index < -0.39 is 23.8 Å². The molecule has 10 heteroatoms. The molecular weight excluding hydrogens is 507 g/mol. The predicted molar refractivity (Wildman–Crippen MR) is 139 cm³/mol. The van der Waals surface area contributed by atoms with E-state index in [-0.39, 0.29) is 53.9 Å². The van der Waals surface area contributed by atoms with Gasteiger partial charge in [-0.1, -0.05) is 23.7 Å². The first-order valence-corrected chi connectivity index (χ1v) is 13.7. The SMILES string of the molecule is CNCC(CC1CC(F)C(F)C1)NC(=O)N1CCCC(C(O)(CCCCOC)c2cccc(Cl)c2F)C1. The zero-order valence-electron chi connectivity index (χ0n) is 21.8. The first kappa shape index (κ1) is 30.0. The fraction of sp³-hybridized carbons (Fsp3) is 0.741. The van der Waals surface area contributed by atoms with Gasteiger partial charge in [0.1, 0.15) is 18.2 Å². The van der Waals surface area contributed by atoms with E-state index >= 15 is 4.39 Å². The van der Waals surface area contributed by atoms with Crippen molar-refractivity contribution < 1.29 is 27.8 Å². The van der Waals surface area contributed by atoms with Crippen LogP contribution in [0.1, 0.15) is 56.9 Å². The number of nitrogens with one attached hydrogen (secondary N) is 2. The summed E-state index contributed by atoms with van der Waals surface area (Å²) in [6, 6.07) is 4.08. The highest BCUT2D eigenvalue weighted by Crippen LogP contribution is 2.42. The Morgan fingerprint density at radius 2 is 2.03 bits per heavy atom. The molecule has 6 nitrogen and oxygen atoms in total. The summed E-state index contributed by atoms with van der Waals surface area (Å²) in [5.74, 6) is -1.15. The number of methoxy groups -OCH3 is 1. The molecule has 1 aromatic rings. The van der Waals surface area contributed by atoms with Gasteiger partial charge in [-0.15, -0.1) is 0 Å². The van der Waals surface area contributed by atoms with Crippen LogP contribution in [0, 0.1) is 17.7 Å². The highest BCUT2D eigenvalue weighted by Gasteiger charge is 2.43. The van der Waals surface area contributed by atoms with Crippen LogP contribution in [0.5, 0.6) is 0 Å². The van der Waals surface area contributed by atoms with Crippen molar-refractivity contribution >= 4 is 17.6 Å². The minimum atomic E-state index is -1.50. The average Bonchev–Trinajstić information content (AvgIpc) is 3.19. The van der Waals surface area contributed by atoms with Crippen molar-refractivity contribution in [1.82, 2.24) is 15.5 Å². The second-order valence-electron chi connectivity index (χ2n) is 10.6. The molecular formula is C27H41ClF3N3O3. The van der Waals surface area contributed by atoms with Crippen LogP contribution in [-0.4, -0.2) is 74.8 Å². The molecule has 0 spiro atoms. The van der Waals surface area contributed by atoms with E-state index in [1.165, 1.54) is 6.07 Å². The maximum Gasteiger partial charge on any atom is 0.317 e. The summed E-state index contributed by atoms with van der Waals surface area (Å²) < 4.78 is 47.6. The summed E-state index contributed by atoms with van der Waals surface area (Å²) in [5.41, 5.74) is -1.34. The number of unbranched alkanes of at least 4 members (excludes halogenated alkanes) is 1. The van der Waals surface area contributed by atoms with Gasteiger partial charge in [0.2, 0.25) is 0 Å². The Bertz CT molecular complexity index is 873. The van der Waals surface area contributed by atoms with Crippen molar-refractivity contribution in [2.24, 2.45) is 11.8 Å². The molecule has 2 aliphatic rings. The normalized spacial score (nSPS) is 26.6. The molecule has 5 atom stereocenters. The number of carbonyl (C=O) groups is 1. The number of halogens is 4. The molecule has 1 aromatic carbocycles. The number of ether oxygens (including phenoxy) is 1. The first-order valence-electron chi connectivity index (χ1n) is 13.3. The summed E-state index contributed by atoms with van der Waals surface area (Å²) in [6.07, 6.45) is 0.893. The summed E-state index contributed by atoms with van der Waals surface area (Å²) in [7, 11) is 3.38. The molecule has 1 aliphatic carbocycles. The van der Waals surface area contributed by atoms with Crippen molar-refractivity contribution in [1.29, 1.82) is 0 Å². The van der Waals surface area contributed by atoms with Gasteiger partial charge >= 0.3 is 6.03 Å². The van der Waals surface area contributed by atoms with E-state index in [4.69, 9.17) is 16.3 Å². The minimum Gasteiger partial charge on any atom is -0.385 e. The quantitative estimate of drug-likeness (QED) is 0.323. The van der Waals surface area contributed by atoms with Gasteiger partial charge < -0.3 is 25.4 Å². The third-order valence-corrected chi connectivity index (χ3v) is 8.16. The number of carbonyl (C=O) groups excluding carboxylic acids is 1. The Kier molecular flexibility index (Phi) is 11.4. The Hall–Kier alpha value is -1.55. The van der Waals surface area contributed by atoms with Gasteiger partial charge in [0.15, 0.2) is 0 Å². The molecule has 3 N–H and O–H groups in total. The number of hydrogen-bond acceptors (Lipinski definition) is 4. The van der Waals surface area contributed by atoms with E-state index in [1.807, 2.05) is 0 Å². The van der Waals surface area contributed by atoms with Gasteiger partial charge in [-0.05, 0) is 70.4 Å². The minimum absolute atomic E-state index is 0.0499. The Morgan fingerprint density at radius 1 is 1.30 bits per heavy atom. The summed E-state index contributed by atoms with van der Waals surface area (Å²) in [4.78, 5) is 14.9. The lowest BCUT2D eigenvalue weighted by atomic mass is 9.74. The first-order chi connectivity index (χ1) is 17.7. The molecule has 0 bridgehead atoms. The smallest absolute Gasteiger partial charge is 0.317 e. The number of alkyl halides is 2. The number of likely N-dealkylation sites (tertiary alicyclic amines) is 1. The predicted octanol–water partition coefficient (Wildman–Crippen LogP) is 4.97. The molecule has 2 fully saturated rings. The van der Waals surface area contributed by atoms with Gasteiger partial charge in [0, 0.05) is 50.9 Å². The molecule has 5 unspecified atom stereocenters. The monoisotopic (exact) mass is 547 g/mol. The Labute approximate surface area is 223 Å². The molecule has 2 amide bonds. The van der Waals surface area contributed by atoms with Crippen LogP contribution in [0.25, 0.3) is 0 Å². The second-order valence-corrected chi connectivity index (χ2v) is 11.0. The van der Waals surface area contributed by atoms with Crippen LogP contribution in [0.4, 0.5) is 18.0 Å². The number of likely N-dealkylation sites (N-methyl/N-ethyl adjacent to an activating group) is 1. The van der Waals surface area contributed by atoms with Crippen molar-refractivity contribution in [2.45, 2.75) is 75.4 Å². The number of nitrogens with zero attached hydrogens (tertiary/aromatic N) is 1. The number of hydrogen-bond donors (Lipinski definition) is 3. The standard InChI is InChI=1S/C27H41ClF3N3O3/c1-32-16-20(13-18-14-23(29)24(30)15-18)33-26(35)34-11-6-7-19(17-34)27(36,10-3-4-12-37-2)21-8-5-9-22(28)25(21)31/h5,8-9,18-20,23-24,32,36H,3-4,6-7,10-17H2,1-2H3,(H,33,35). The number of urea groups is 1. The Morgan fingerprint density at radius 3 is 2.70 bits per heavy atom. The van der Waals surface area contributed by atoms with E-state index in [9.17, 15) is 18.7 Å². The van der Waals surface area contributed by atoms with Gasteiger partial charge in [0.25, 0.3) is 0 Å². The van der Waals surface area contributed by atoms with Gasteiger partial charge in [0.05, 0.1) is 10.6 Å². The lowest BCUT2D eigenvalue weighted by molar-refractivity contribution is -0.0587. The fourth-order valence-electron chi connectivity index (χ4n) is 5.92. The summed E-state index contributed by atoms with van der Waals surface area (Å²) >= 11 is 6.06. The highest BCUT2D eigenvalue weighted by molar-refractivity contribution is 6.30. The van der Waals surface area contributed by atoms with Gasteiger partial charge in [-0.2, -0.15) is 0 Å². The van der Waals surface area contributed by atoms with Crippen LogP contribution < -0.4 is 10.6 Å². The molecule has 0 radical (unpaired) electrons. The molecule has 1 aliphatic heterocycles. The number of aliphatic hydroxyl groups is 1. The van der Waals surface area contributed by atoms with Crippen molar-refractivity contribution in [3.63, 3.8) is 0 Å². The fourth-order valence-corrected chi connectivity index (χ4v) is 6.09. The zero-order chi connectivity index (χ0) is 27.0.